The maximum Gasteiger partial charge on any atom is 0.372 e. The normalized spacial score (nSPS) is 10.2. The van der Waals surface area contributed by atoms with E-state index in [0.29, 0.717) is 5.76 Å². The van der Waals surface area contributed by atoms with Crippen molar-refractivity contribution in [1.29, 1.82) is 0 Å². The monoisotopic (exact) mass is 264 g/mol. The van der Waals surface area contributed by atoms with Gasteiger partial charge in [0.1, 0.15) is 17.8 Å². The third-order valence-corrected chi connectivity index (χ3v) is 2.39. The third-order valence-electron chi connectivity index (χ3n) is 2.39. The molecule has 2 aromatic rings. The van der Waals surface area contributed by atoms with Crippen molar-refractivity contribution in [3.63, 3.8) is 0 Å². The van der Waals surface area contributed by atoms with E-state index in [1.54, 1.807) is 6.07 Å². The van der Waals surface area contributed by atoms with Crippen LogP contribution < -0.4 is 10.1 Å². The molecule has 0 aliphatic carbocycles. The quantitative estimate of drug-likeness (QED) is 0.649. The van der Waals surface area contributed by atoms with Crippen LogP contribution >= 0.6 is 0 Å². The van der Waals surface area contributed by atoms with Crippen LogP contribution in [-0.2, 0) is 6.54 Å². The van der Waals surface area contributed by atoms with E-state index in [1.165, 1.54) is 13.4 Å². The summed E-state index contributed by atoms with van der Waals surface area (Å²) in [6.07, 6.45) is 1.20. The van der Waals surface area contributed by atoms with Gasteiger partial charge in [-0.1, -0.05) is 0 Å². The van der Waals surface area contributed by atoms with Crippen LogP contribution in [0, 0.1) is 17.0 Å². The summed E-state index contributed by atoms with van der Waals surface area (Å²) in [5.74, 6) is 1.43. The molecule has 8 nitrogen and oxygen atoms in total. The molecule has 0 radical (unpaired) electrons. The van der Waals surface area contributed by atoms with Crippen LogP contribution in [0.1, 0.15) is 11.5 Å². The molecule has 0 fully saturated rings. The standard InChI is InChI=1S/C11H12N4O4/c1-7-3-4-8(19-7)5-12-10-9(15(16)17)11(18-2)14-6-13-10/h3-4,6H,5H2,1-2H3,(H,12,13,14). The van der Waals surface area contributed by atoms with Crippen molar-refractivity contribution >= 4 is 11.5 Å². The minimum absolute atomic E-state index is 0.0851. The van der Waals surface area contributed by atoms with Gasteiger partial charge in [-0.2, -0.15) is 4.98 Å². The highest BCUT2D eigenvalue weighted by Crippen LogP contribution is 2.30. The fourth-order valence-corrected chi connectivity index (χ4v) is 1.56. The Morgan fingerprint density at radius 2 is 2.26 bits per heavy atom. The van der Waals surface area contributed by atoms with Gasteiger partial charge in [0.25, 0.3) is 5.88 Å². The second kappa shape index (κ2) is 5.34. The number of nitrogens with zero attached hydrogens (tertiary/aromatic N) is 3. The molecular formula is C11H12N4O4. The third kappa shape index (κ3) is 2.79. The summed E-state index contributed by atoms with van der Waals surface area (Å²) in [5, 5.41) is 13.8. The summed E-state index contributed by atoms with van der Waals surface area (Å²) in [6, 6.07) is 3.60. The van der Waals surface area contributed by atoms with E-state index in [4.69, 9.17) is 9.15 Å². The van der Waals surface area contributed by atoms with Crippen molar-refractivity contribution in [2.24, 2.45) is 0 Å². The molecule has 2 rings (SSSR count). The number of nitro groups is 1. The number of methoxy groups -OCH3 is 1. The molecule has 2 aromatic heterocycles. The van der Waals surface area contributed by atoms with Gasteiger partial charge >= 0.3 is 5.69 Å². The number of hydrogen-bond donors (Lipinski definition) is 1. The average Bonchev–Trinajstić information content (AvgIpc) is 2.81. The first-order valence-electron chi connectivity index (χ1n) is 5.44. The van der Waals surface area contributed by atoms with Gasteiger partial charge in [0, 0.05) is 0 Å². The van der Waals surface area contributed by atoms with Gasteiger partial charge in [-0.05, 0) is 19.1 Å². The first-order valence-corrected chi connectivity index (χ1v) is 5.44. The topological polar surface area (TPSA) is 103 Å². The van der Waals surface area contributed by atoms with E-state index in [2.05, 4.69) is 15.3 Å². The molecule has 0 saturated carbocycles. The number of nitrogens with one attached hydrogen (secondary N) is 1. The van der Waals surface area contributed by atoms with Crippen LogP contribution in [-0.4, -0.2) is 22.0 Å². The number of anilines is 1. The zero-order chi connectivity index (χ0) is 13.8. The van der Waals surface area contributed by atoms with Gasteiger partial charge in [-0.25, -0.2) is 4.98 Å². The largest absolute Gasteiger partial charge is 0.476 e. The van der Waals surface area contributed by atoms with E-state index in [1.807, 2.05) is 13.0 Å². The summed E-state index contributed by atoms with van der Waals surface area (Å²) < 4.78 is 10.2. The van der Waals surface area contributed by atoms with Gasteiger partial charge in [0.05, 0.1) is 18.6 Å². The molecular weight excluding hydrogens is 252 g/mol. The minimum Gasteiger partial charge on any atom is -0.476 e. The first-order chi connectivity index (χ1) is 9.11. The predicted octanol–water partition coefficient (Wildman–Crippen LogP) is 1.91. The summed E-state index contributed by atoms with van der Waals surface area (Å²) in [6.45, 7) is 2.11. The molecule has 0 amide bonds. The smallest absolute Gasteiger partial charge is 0.372 e. The number of aryl methyl sites for hydroxylation is 1. The van der Waals surface area contributed by atoms with Gasteiger partial charge < -0.3 is 14.5 Å². The molecule has 0 aromatic carbocycles. The lowest BCUT2D eigenvalue weighted by molar-refractivity contribution is -0.385. The molecule has 19 heavy (non-hydrogen) atoms. The average molecular weight is 264 g/mol. The number of hydrogen-bond acceptors (Lipinski definition) is 7. The summed E-state index contributed by atoms with van der Waals surface area (Å²) in [7, 11) is 1.31. The van der Waals surface area contributed by atoms with Crippen molar-refractivity contribution < 1.29 is 14.1 Å². The summed E-state index contributed by atoms with van der Waals surface area (Å²) >= 11 is 0. The Hall–Kier alpha value is -2.64. The molecule has 8 heteroatoms. The van der Waals surface area contributed by atoms with Gasteiger partial charge in [0.15, 0.2) is 0 Å². The lowest BCUT2D eigenvalue weighted by Crippen LogP contribution is -2.06. The summed E-state index contributed by atoms with van der Waals surface area (Å²) in [5.41, 5.74) is -0.298. The number of furan rings is 1. The molecule has 0 aliphatic rings. The second-order valence-electron chi connectivity index (χ2n) is 3.70. The van der Waals surface area contributed by atoms with Crippen molar-refractivity contribution in [2.75, 3.05) is 12.4 Å². The minimum atomic E-state index is -0.589. The zero-order valence-electron chi connectivity index (χ0n) is 10.4. The van der Waals surface area contributed by atoms with Crippen molar-refractivity contribution in [1.82, 2.24) is 9.97 Å². The van der Waals surface area contributed by atoms with Gasteiger partial charge in [0.2, 0.25) is 5.82 Å². The molecule has 0 saturated heterocycles. The molecule has 0 unspecified atom stereocenters. The Morgan fingerprint density at radius 3 is 2.84 bits per heavy atom. The van der Waals surface area contributed by atoms with Crippen molar-refractivity contribution in [3.05, 3.63) is 40.1 Å². The number of ether oxygens (including phenoxy) is 1. The molecule has 0 aliphatic heterocycles. The number of aromatic nitrogens is 2. The maximum atomic E-state index is 11.0. The lowest BCUT2D eigenvalue weighted by Gasteiger charge is -2.06. The maximum absolute atomic E-state index is 11.0. The molecule has 100 valence electrons. The molecule has 0 bridgehead atoms. The van der Waals surface area contributed by atoms with E-state index in [-0.39, 0.29) is 23.9 Å². The van der Waals surface area contributed by atoms with Crippen LogP contribution in [0.15, 0.2) is 22.9 Å². The lowest BCUT2D eigenvalue weighted by atomic mass is 10.4. The Balaban J connectivity index is 2.22. The van der Waals surface area contributed by atoms with Gasteiger partial charge in [-0.3, -0.25) is 10.1 Å². The molecule has 0 spiro atoms. The van der Waals surface area contributed by atoms with Crippen LogP contribution in [0.25, 0.3) is 0 Å². The highest BCUT2D eigenvalue weighted by Gasteiger charge is 2.23. The molecule has 2 heterocycles. The van der Waals surface area contributed by atoms with E-state index in [9.17, 15) is 10.1 Å². The van der Waals surface area contributed by atoms with Crippen LogP contribution in [0.4, 0.5) is 11.5 Å². The highest BCUT2D eigenvalue weighted by molar-refractivity contribution is 5.61. The Labute approximate surface area is 108 Å². The Bertz CT molecular complexity index is 596. The number of rotatable bonds is 5. The van der Waals surface area contributed by atoms with Crippen molar-refractivity contribution in [3.8, 4) is 5.88 Å². The predicted molar refractivity (Wildman–Crippen MR) is 66.0 cm³/mol. The van der Waals surface area contributed by atoms with E-state index in [0.717, 1.165) is 5.76 Å². The second-order valence-corrected chi connectivity index (χ2v) is 3.70. The van der Waals surface area contributed by atoms with Crippen LogP contribution in [0.2, 0.25) is 0 Å². The molecule has 1 N–H and O–H groups in total. The highest BCUT2D eigenvalue weighted by atomic mass is 16.6. The molecule has 0 atom stereocenters. The fourth-order valence-electron chi connectivity index (χ4n) is 1.56. The van der Waals surface area contributed by atoms with Crippen LogP contribution in [0.5, 0.6) is 5.88 Å². The van der Waals surface area contributed by atoms with Crippen molar-refractivity contribution in [2.45, 2.75) is 13.5 Å². The Morgan fingerprint density at radius 1 is 1.47 bits per heavy atom. The van der Waals surface area contributed by atoms with Crippen LogP contribution in [0.3, 0.4) is 0 Å². The summed E-state index contributed by atoms with van der Waals surface area (Å²) in [4.78, 5) is 18.0. The fraction of sp³-hybridized carbons (Fsp3) is 0.273. The van der Waals surface area contributed by atoms with E-state index < -0.39 is 4.92 Å². The van der Waals surface area contributed by atoms with E-state index >= 15 is 0 Å². The SMILES string of the molecule is COc1ncnc(NCc2ccc(C)o2)c1[N+](=O)[O-]. The first kappa shape index (κ1) is 12.8. The Kier molecular flexibility index (Phi) is 3.60. The van der Waals surface area contributed by atoms with Gasteiger partial charge in [-0.15, -0.1) is 0 Å². The zero-order valence-corrected chi connectivity index (χ0v) is 10.4.